The maximum absolute atomic E-state index is 4.46. The highest BCUT2D eigenvalue weighted by Gasteiger charge is 2.31. The van der Waals surface area contributed by atoms with Gasteiger partial charge in [-0.05, 0) is 32.4 Å². The van der Waals surface area contributed by atoms with Crippen LogP contribution in [0.2, 0.25) is 0 Å². The van der Waals surface area contributed by atoms with E-state index in [-0.39, 0.29) is 0 Å². The van der Waals surface area contributed by atoms with Gasteiger partial charge in [0.05, 0.1) is 0 Å². The summed E-state index contributed by atoms with van der Waals surface area (Å²) in [6.07, 6.45) is 4.88. The average molecular weight is 274 g/mol. The van der Waals surface area contributed by atoms with Crippen LogP contribution in [0.15, 0.2) is 12.3 Å². The van der Waals surface area contributed by atoms with Crippen LogP contribution in [0.3, 0.4) is 0 Å². The molecule has 0 unspecified atom stereocenters. The van der Waals surface area contributed by atoms with Crippen LogP contribution in [-0.4, -0.2) is 48.6 Å². The fourth-order valence-corrected chi connectivity index (χ4v) is 3.03. The molecule has 0 radical (unpaired) electrons. The molecule has 0 spiro atoms. The molecule has 2 fully saturated rings. The zero-order valence-corrected chi connectivity index (χ0v) is 12.7. The number of rotatable bonds is 5. The second kappa shape index (κ2) is 6.10. The van der Waals surface area contributed by atoms with Gasteiger partial charge in [-0.25, -0.2) is 0 Å². The van der Waals surface area contributed by atoms with Gasteiger partial charge in [-0.2, -0.15) is 0 Å². The molecule has 1 aliphatic heterocycles. The van der Waals surface area contributed by atoms with Crippen LogP contribution in [0.4, 0.5) is 5.69 Å². The Kier molecular flexibility index (Phi) is 4.22. The standard InChI is InChI=1S/C16H26N4/c1-3-17-11-14-12-18-13(2)10-16(14)20-8-6-19(7-9-20)15-4-5-15/h10,12,15,17H,3-9,11H2,1-2H3. The number of nitrogens with one attached hydrogen (secondary N) is 1. The Balaban J connectivity index is 1.70. The summed E-state index contributed by atoms with van der Waals surface area (Å²) in [7, 11) is 0. The van der Waals surface area contributed by atoms with Gasteiger partial charge in [0.15, 0.2) is 0 Å². The lowest BCUT2D eigenvalue weighted by Gasteiger charge is -2.37. The molecule has 2 aliphatic rings. The maximum atomic E-state index is 4.46. The lowest BCUT2D eigenvalue weighted by atomic mass is 10.1. The number of pyridine rings is 1. The predicted octanol–water partition coefficient (Wildman–Crippen LogP) is 1.78. The first kappa shape index (κ1) is 13.8. The van der Waals surface area contributed by atoms with E-state index in [9.17, 15) is 0 Å². The first-order valence-electron chi connectivity index (χ1n) is 7.93. The normalized spacial score (nSPS) is 20.4. The lowest BCUT2D eigenvalue weighted by molar-refractivity contribution is 0.248. The van der Waals surface area contributed by atoms with Gasteiger partial charge in [-0.15, -0.1) is 0 Å². The van der Waals surface area contributed by atoms with Crippen molar-refractivity contribution in [2.75, 3.05) is 37.6 Å². The second-order valence-corrected chi connectivity index (χ2v) is 5.99. The monoisotopic (exact) mass is 274 g/mol. The second-order valence-electron chi connectivity index (χ2n) is 5.99. The van der Waals surface area contributed by atoms with E-state index in [1.807, 2.05) is 6.20 Å². The molecule has 0 bridgehead atoms. The van der Waals surface area contributed by atoms with E-state index < -0.39 is 0 Å². The third-order valence-corrected chi connectivity index (χ3v) is 4.38. The zero-order chi connectivity index (χ0) is 13.9. The first-order valence-corrected chi connectivity index (χ1v) is 7.93. The molecular weight excluding hydrogens is 248 g/mol. The summed E-state index contributed by atoms with van der Waals surface area (Å²) in [4.78, 5) is 9.67. The smallest absolute Gasteiger partial charge is 0.0446 e. The summed E-state index contributed by atoms with van der Waals surface area (Å²) in [5.74, 6) is 0. The van der Waals surface area contributed by atoms with Crippen molar-refractivity contribution in [3.05, 3.63) is 23.5 Å². The summed E-state index contributed by atoms with van der Waals surface area (Å²) < 4.78 is 0. The minimum absolute atomic E-state index is 0.901. The molecule has 3 rings (SSSR count). The van der Waals surface area contributed by atoms with Crippen LogP contribution in [-0.2, 0) is 6.54 Å². The predicted molar refractivity (Wildman–Crippen MR) is 83.2 cm³/mol. The van der Waals surface area contributed by atoms with E-state index in [0.717, 1.165) is 37.9 Å². The number of nitrogens with zero attached hydrogens (tertiary/aromatic N) is 3. The molecule has 4 nitrogen and oxygen atoms in total. The Bertz CT molecular complexity index is 448. The highest BCUT2D eigenvalue weighted by Crippen LogP contribution is 2.29. The molecular formula is C16H26N4. The highest BCUT2D eigenvalue weighted by molar-refractivity contribution is 5.54. The fraction of sp³-hybridized carbons (Fsp3) is 0.688. The summed E-state index contributed by atoms with van der Waals surface area (Å²) >= 11 is 0. The quantitative estimate of drug-likeness (QED) is 0.887. The van der Waals surface area contributed by atoms with E-state index in [4.69, 9.17) is 0 Å². The van der Waals surface area contributed by atoms with Crippen LogP contribution in [0, 0.1) is 6.92 Å². The lowest BCUT2D eigenvalue weighted by Crippen LogP contribution is -2.47. The van der Waals surface area contributed by atoms with Crippen molar-refractivity contribution < 1.29 is 0 Å². The summed E-state index contributed by atoms with van der Waals surface area (Å²) in [5.41, 5.74) is 3.83. The van der Waals surface area contributed by atoms with E-state index in [1.165, 1.54) is 37.2 Å². The van der Waals surface area contributed by atoms with Gasteiger partial charge in [0.2, 0.25) is 0 Å². The van der Waals surface area contributed by atoms with Gasteiger partial charge in [-0.1, -0.05) is 6.92 Å². The largest absolute Gasteiger partial charge is 0.369 e. The van der Waals surface area contributed by atoms with Crippen molar-refractivity contribution in [2.24, 2.45) is 0 Å². The fourth-order valence-electron chi connectivity index (χ4n) is 3.03. The van der Waals surface area contributed by atoms with Crippen LogP contribution in [0.5, 0.6) is 0 Å². The van der Waals surface area contributed by atoms with E-state index in [0.29, 0.717) is 0 Å². The van der Waals surface area contributed by atoms with Gasteiger partial charge >= 0.3 is 0 Å². The van der Waals surface area contributed by atoms with Gasteiger partial charge < -0.3 is 10.2 Å². The molecule has 110 valence electrons. The number of hydrogen-bond donors (Lipinski definition) is 1. The molecule has 0 amide bonds. The Morgan fingerprint density at radius 3 is 2.65 bits per heavy atom. The minimum Gasteiger partial charge on any atom is -0.369 e. The highest BCUT2D eigenvalue weighted by atomic mass is 15.3. The molecule has 4 heteroatoms. The van der Waals surface area contributed by atoms with Crippen molar-refractivity contribution in [3.63, 3.8) is 0 Å². The molecule has 1 aromatic rings. The average Bonchev–Trinajstić information content (AvgIpc) is 3.31. The third kappa shape index (κ3) is 3.13. The van der Waals surface area contributed by atoms with Crippen LogP contribution in [0.25, 0.3) is 0 Å². The molecule has 20 heavy (non-hydrogen) atoms. The molecule has 1 saturated heterocycles. The van der Waals surface area contributed by atoms with Crippen molar-refractivity contribution in [1.82, 2.24) is 15.2 Å². The van der Waals surface area contributed by atoms with Crippen molar-refractivity contribution in [3.8, 4) is 0 Å². The van der Waals surface area contributed by atoms with Crippen LogP contribution in [0.1, 0.15) is 31.0 Å². The Morgan fingerprint density at radius 2 is 2.00 bits per heavy atom. The number of piperazine rings is 1. The number of aromatic nitrogens is 1. The Hall–Kier alpha value is -1.13. The van der Waals surface area contributed by atoms with Crippen LogP contribution < -0.4 is 10.2 Å². The van der Waals surface area contributed by atoms with Crippen molar-refractivity contribution in [1.29, 1.82) is 0 Å². The molecule has 2 heterocycles. The summed E-state index contributed by atoms with van der Waals surface area (Å²) in [6.45, 7) is 10.9. The Labute approximate surface area is 122 Å². The van der Waals surface area contributed by atoms with Crippen molar-refractivity contribution in [2.45, 2.75) is 39.3 Å². The molecule has 1 aliphatic carbocycles. The SMILES string of the molecule is CCNCc1cnc(C)cc1N1CCN(C2CC2)CC1. The third-order valence-electron chi connectivity index (χ3n) is 4.38. The first-order chi connectivity index (χ1) is 9.78. The van der Waals surface area contributed by atoms with E-state index >= 15 is 0 Å². The maximum Gasteiger partial charge on any atom is 0.0446 e. The molecule has 1 aromatic heterocycles. The van der Waals surface area contributed by atoms with E-state index in [1.54, 1.807) is 0 Å². The topological polar surface area (TPSA) is 31.4 Å². The Morgan fingerprint density at radius 1 is 1.25 bits per heavy atom. The molecule has 0 atom stereocenters. The number of hydrogen-bond acceptors (Lipinski definition) is 4. The van der Waals surface area contributed by atoms with E-state index in [2.05, 4.69) is 40.0 Å². The summed E-state index contributed by atoms with van der Waals surface area (Å²) in [5, 5.41) is 3.42. The van der Waals surface area contributed by atoms with Gasteiger partial charge in [0.25, 0.3) is 0 Å². The number of anilines is 1. The molecule has 1 saturated carbocycles. The number of aryl methyl sites for hydroxylation is 1. The van der Waals surface area contributed by atoms with Crippen molar-refractivity contribution >= 4 is 5.69 Å². The minimum atomic E-state index is 0.901. The molecule has 1 N–H and O–H groups in total. The molecule has 0 aromatic carbocycles. The summed E-state index contributed by atoms with van der Waals surface area (Å²) in [6, 6.07) is 3.15. The zero-order valence-electron chi connectivity index (χ0n) is 12.7. The van der Waals surface area contributed by atoms with Gasteiger partial charge in [0.1, 0.15) is 0 Å². The van der Waals surface area contributed by atoms with Gasteiger partial charge in [0, 0.05) is 61.9 Å². The van der Waals surface area contributed by atoms with Crippen LogP contribution >= 0.6 is 0 Å². The van der Waals surface area contributed by atoms with Gasteiger partial charge in [-0.3, -0.25) is 9.88 Å².